The highest BCUT2D eigenvalue weighted by molar-refractivity contribution is 6.04. The van der Waals surface area contributed by atoms with Crippen molar-refractivity contribution in [1.82, 2.24) is 10.2 Å². The van der Waals surface area contributed by atoms with Crippen molar-refractivity contribution < 1.29 is 9.53 Å². The number of carbonyl (C=O) groups is 1. The fourth-order valence-corrected chi connectivity index (χ4v) is 4.01. The first-order valence-electron chi connectivity index (χ1n) is 10.6. The summed E-state index contributed by atoms with van der Waals surface area (Å²) in [5.74, 6) is 1.32. The van der Waals surface area contributed by atoms with Crippen molar-refractivity contribution in [1.29, 1.82) is 0 Å². The monoisotopic (exact) mass is 412 g/mol. The fraction of sp³-hybridized carbons (Fsp3) is 0.200. The molecule has 0 aliphatic heterocycles. The fourth-order valence-electron chi connectivity index (χ4n) is 4.01. The van der Waals surface area contributed by atoms with Gasteiger partial charge in [-0.3, -0.25) is 10.4 Å². The number of anilines is 2. The predicted molar refractivity (Wildman–Crippen MR) is 123 cm³/mol. The van der Waals surface area contributed by atoms with E-state index in [1.165, 1.54) is 12.8 Å². The van der Waals surface area contributed by atoms with Gasteiger partial charge in [-0.2, -0.15) is 5.10 Å². The van der Waals surface area contributed by atoms with Gasteiger partial charge in [-0.05, 0) is 61.1 Å². The molecule has 0 bridgehead atoms. The smallest absolute Gasteiger partial charge is 0.324 e. The molecule has 156 valence electrons. The molecule has 0 radical (unpaired) electrons. The zero-order chi connectivity index (χ0) is 21.0. The van der Waals surface area contributed by atoms with Gasteiger partial charge in [0.15, 0.2) is 5.82 Å². The minimum atomic E-state index is -0.341. The number of nitrogens with one attached hydrogen (secondary N) is 3. The van der Waals surface area contributed by atoms with Gasteiger partial charge in [0.2, 0.25) is 0 Å². The van der Waals surface area contributed by atoms with E-state index in [-0.39, 0.29) is 6.03 Å². The number of benzene rings is 3. The Hall–Kier alpha value is -3.80. The molecule has 1 aromatic heterocycles. The second-order valence-corrected chi connectivity index (χ2v) is 7.83. The van der Waals surface area contributed by atoms with Crippen molar-refractivity contribution in [3.63, 3.8) is 0 Å². The summed E-state index contributed by atoms with van der Waals surface area (Å²) < 4.78 is 6.05. The van der Waals surface area contributed by atoms with E-state index in [9.17, 15) is 4.79 Å². The highest BCUT2D eigenvalue weighted by Gasteiger charge is 2.17. The lowest BCUT2D eigenvalue weighted by molar-refractivity contribution is 0.210. The number of ether oxygens (including phenoxy) is 1. The summed E-state index contributed by atoms with van der Waals surface area (Å²) in [6.07, 6.45) is 4.99. The maximum Gasteiger partial charge on any atom is 0.324 e. The normalized spacial score (nSPS) is 13.9. The first-order valence-corrected chi connectivity index (χ1v) is 10.6. The molecule has 0 atom stereocenters. The summed E-state index contributed by atoms with van der Waals surface area (Å²) in [7, 11) is 0. The molecular formula is C25H24N4O2. The third kappa shape index (κ3) is 4.38. The maximum absolute atomic E-state index is 12.5. The van der Waals surface area contributed by atoms with E-state index >= 15 is 0 Å². The number of nitrogens with zero attached hydrogens (tertiary/aromatic N) is 1. The molecule has 3 N–H and O–H groups in total. The van der Waals surface area contributed by atoms with Crippen LogP contribution in [0.4, 0.5) is 16.3 Å². The molecule has 1 saturated carbocycles. The Morgan fingerprint density at radius 2 is 1.65 bits per heavy atom. The number of aromatic amines is 1. The molecule has 0 spiro atoms. The van der Waals surface area contributed by atoms with Crippen LogP contribution in [0.3, 0.4) is 0 Å². The van der Waals surface area contributed by atoms with Crippen LogP contribution in [-0.2, 0) is 0 Å². The number of hydrogen-bond acceptors (Lipinski definition) is 3. The summed E-state index contributed by atoms with van der Waals surface area (Å²) in [6, 6.07) is 23.3. The quantitative estimate of drug-likeness (QED) is 0.365. The minimum absolute atomic E-state index is 0.303. The van der Waals surface area contributed by atoms with Crippen molar-refractivity contribution in [3.8, 4) is 16.9 Å². The van der Waals surface area contributed by atoms with Gasteiger partial charge in [0.25, 0.3) is 0 Å². The van der Waals surface area contributed by atoms with E-state index in [4.69, 9.17) is 4.74 Å². The van der Waals surface area contributed by atoms with Crippen LogP contribution in [0.2, 0.25) is 0 Å². The lowest BCUT2D eigenvalue weighted by Gasteiger charge is -2.12. The van der Waals surface area contributed by atoms with Crippen LogP contribution in [0, 0.1) is 0 Å². The van der Waals surface area contributed by atoms with Crippen LogP contribution in [-0.4, -0.2) is 22.3 Å². The number of carbonyl (C=O) groups excluding carboxylic acids is 1. The number of amides is 2. The number of aromatic nitrogens is 2. The molecule has 1 aliphatic carbocycles. The molecule has 1 aliphatic rings. The summed E-state index contributed by atoms with van der Waals surface area (Å²) in [4.78, 5) is 12.5. The van der Waals surface area contributed by atoms with Gasteiger partial charge in [0.05, 0.1) is 11.6 Å². The molecule has 31 heavy (non-hydrogen) atoms. The van der Waals surface area contributed by atoms with Crippen molar-refractivity contribution in [2.45, 2.75) is 31.8 Å². The number of urea groups is 1. The van der Waals surface area contributed by atoms with Crippen LogP contribution in [0.1, 0.15) is 25.7 Å². The van der Waals surface area contributed by atoms with Gasteiger partial charge in [-0.15, -0.1) is 0 Å². The summed E-state index contributed by atoms with van der Waals surface area (Å²) in [5.41, 5.74) is 3.78. The summed E-state index contributed by atoms with van der Waals surface area (Å²) in [6.45, 7) is 0. The lowest BCUT2D eigenvalue weighted by atomic mass is 10.1. The molecule has 5 rings (SSSR count). The largest absolute Gasteiger partial charge is 0.490 e. The predicted octanol–water partition coefficient (Wildman–Crippen LogP) is 6.20. The molecule has 0 unspecified atom stereocenters. The first-order chi connectivity index (χ1) is 15.2. The van der Waals surface area contributed by atoms with Crippen LogP contribution in [0.5, 0.6) is 5.75 Å². The third-order valence-electron chi connectivity index (χ3n) is 5.62. The van der Waals surface area contributed by atoms with Gasteiger partial charge >= 0.3 is 6.03 Å². The number of hydrogen-bond donors (Lipinski definition) is 3. The molecule has 6 nitrogen and oxygen atoms in total. The molecule has 4 aromatic rings. The zero-order valence-electron chi connectivity index (χ0n) is 17.1. The average Bonchev–Trinajstić information content (AvgIpc) is 3.45. The standard InChI is InChI=1S/C25H24N4O2/c30-25(26-19-12-10-18(11-13-19)17-6-2-1-3-7-17)27-24-22-15-14-21(16-23(22)28-29-24)31-20-8-4-5-9-20/h1-3,6-7,10-16,20H,4-5,8-9H2,(H3,26,27,28,29,30). The highest BCUT2D eigenvalue weighted by Crippen LogP contribution is 2.29. The first kappa shape index (κ1) is 19.2. The van der Waals surface area contributed by atoms with Crippen molar-refractivity contribution in [2.75, 3.05) is 10.6 Å². The van der Waals surface area contributed by atoms with Gasteiger partial charge < -0.3 is 10.1 Å². The molecule has 1 fully saturated rings. The van der Waals surface area contributed by atoms with Crippen LogP contribution in [0.25, 0.3) is 22.0 Å². The third-order valence-corrected chi connectivity index (χ3v) is 5.62. The number of H-pyrrole nitrogens is 1. The van der Waals surface area contributed by atoms with Crippen molar-refractivity contribution >= 4 is 28.4 Å². The van der Waals surface area contributed by atoms with Crippen LogP contribution < -0.4 is 15.4 Å². The number of rotatable bonds is 5. The Balaban J connectivity index is 1.23. The second kappa shape index (κ2) is 8.52. The average molecular weight is 412 g/mol. The Labute approximate surface area is 180 Å². The van der Waals surface area contributed by atoms with Crippen LogP contribution >= 0.6 is 0 Å². The van der Waals surface area contributed by atoms with E-state index in [2.05, 4.69) is 33.0 Å². The van der Waals surface area contributed by atoms with Gasteiger partial charge in [0, 0.05) is 17.1 Å². The lowest BCUT2D eigenvalue weighted by Crippen LogP contribution is -2.19. The van der Waals surface area contributed by atoms with Gasteiger partial charge in [-0.1, -0.05) is 42.5 Å². The Morgan fingerprint density at radius 1 is 0.903 bits per heavy atom. The Morgan fingerprint density at radius 3 is 2.42 bits per heavy atom. The molecule has 0 saturated heterocycles. The van der Waals surface area contributed by atoms with E-state index in [0.717, 1.165) is 40.6 Å². The molecule has 3 aromatic carbocycles. The topological polar surface area (TPSA) is 79.0 Å². The maximum atomic E-state index is 12.5. The zero-order valence-corrected chi connectivity index (χ0v) is 17.1. The minimum Gasteiger partial charge on any atom is -0.490 e. The Bertz CT molecular complexity index is 1180. The van der Waals surface area contributed by atoms with E-state index in [0.29, 0.717) is 17.6 Å². The van der Waals surface area contributed by atoms with Crippen molar-refractivity contribution in [3.05, 3.63) is 72.8 Å². The van der Waals surface area contributed by atoms with Gasteiger partial charge in [0.1, 0.15) is 5.75 Å². The highest BCUT2D eigenvalue weighted by atomic mass is 16.5. The second-order valence-electron chi connectivity index (χ2n) is 7.83. The van der Waals surface area contributed by atoms with Crippen molar-refractivity contribution in [2.24, 2.45) is 0 Å². The number of fused-ring (bicyclic) bond motifs is 1. The SMILES string of the molecule is O=C(Nc1ccc(-c2ccccc2)cc1)Nc1n[nH]c2cc(OC3CCCC3)ccc12. The van der Waals surface area contributed by atoms with Crippen LogP contribution in [0.15, 0.2) is 72.8 Å². The Kier molecular flexibility index (Phi) is 5.27. The molecular weight excluding hydrogens is 388 g/mol. The summed E-state index contributed by atoms with van der Waals surface area (Å²) in [5, 5.41) is 13.7. The summed E-state index contributed by atoms with van der Waals surface area (Å²) >= 11 is 0. The van der Waals surface area contributed by atoms with E-state index in [1.54, 1.807) is 0 Å². The molecule has 1 heterocycles. The van der Waals surface area contributed by atoms with E-state index in [1.807, 2.05) is 60.7 Å². The van der Waals surface area contributed by atoms with Gasteiger partial charge in [-0.25, -0.2) is 4.79 Å². The molecule has 6 heteroatoms. The molecule has 2 amide bonds. The van der Waals surface area contributed by atoms with E-state index < -0.39 is 0 Å².